The molecule has 12 heteroatoms. The van der Waals surface area contributed by atoms with Crippen LogP contribution in [0.2, 0.25) is 0 Å². The van der Waals surface area contributed by atoms with Crippen LogP contribution in [-0.2, 0) is 9.47 Å². The fourth-order valence-electron chi connectivity index (χ4n) is 5.49. The molecule has 0 radical (unpaired) electrons. The van der Waals surface area contributed by atoms with Crippen molar-refractivity contribution in [2.45, 2.75) is 82.6 Å². The highest BCUT2D eigenvalue weighted by molar-refractivity contribution is 5.88. The predicted octanol–water partition coefficient (Wildman–Crippen LogP) is 6.57. The number of hydrogen-bond donors (Lipinski definition) is 7. The van der Waals surface area contributed by atoms with Crippen LogP contribution in [0.1, 0.15) is 51.9 Å². The van der Waals surface area contributed by atoms with Crippen molar-refractivity contribution in [2.24, 2.45) is 0 Å². The maximum absolute atomic E-state index is 13.7. The number of aromatic hydroxyl groups is 4. The van der Waals surface area contributed by atoms with E-state index in [2.05, 4.69) is 67.7 Å². The molecule has 0 aliphatic carbocycles. The summed E-state index contributed by atoms with van der Waals surface area (Å²) in [6.07, 6.45) is 23.5. The Kier molecular flexibility index (Phi) is 16.6. The summed E-state index contributed by atoms with van der Waals surface area (Å²) in [5.74, 6) is -2.92. The fraction of sp³-hybridized carbons (Fsp3) is 0.357. The molecule has 12 nitrogen and oxygen atoms in total. The second kappa shape index (κ2) is 21.6. The molecule has 1 fully saturated rings. The van der Waals surface area contributed by atoms with E-state index in [1.807, 2.05) is 12.2 Å². The van der Waals surface area contributed by atoms with E-state index in [0.717, 1.165) is 62.8 Å². The van der Waals surface area contributed by atoms with Gasteiger partial charge in [-0.2, -0.15) is 0 Å². The van der Waals surface area contributed by atoms with Gasteiger partial charge in [0.25, 0.3) is 0 Å². The third-order valence-corrected chi connectivity index (χ3v) is 8.37. The minimum Gasteiger partial charge on any atom is -0.508 e. The van der Waals surface area contributed by atoms with Gasteiger partial charge in [-0.05, 0) is 63.1 Å². The largest absolute Gasteiger partial charge is 0.508 e. The molecule has 5 atom stereocenters. The Balaban J connectivity index is 1.27. The molecule has 2 heterocycles. The van der Waals surface area contributed by atoms with Crippen LogP contribution in [-0.4, -0.2) is 79.7 Å². The lowest BCUT2D eigenvalue weighted by atomic mass is 9.99. The van der Waals surface area contributed by atoms with Crippen LogP contribution in [0.4, 0.5) is 0 Å². The lowest BCUT2D eigenvalue weighted by molar-refractivity contribution is -0.279. The highest BCUT2D eigenvalue weighted by atomic mass is 16.7. The van der Waals surface area contributed by atoms with Gasteiger partial charge in [0.05, 0.1) is 13.2 Å². The molecule has 1 aliphatic rings. The molecule has 7 N–H and O–H groups in total. The first-order chi connectivity index (χ1) is 26.1. The monoisotopic (exact) mass is 746 g/mol. The van der Waals surface area contributed by atoms with Gasteiger partial charge in [0.1, 0.15) is 46.9 Å². The van der Waals surface area contributed by atoms with Crippen molar-refractivity contribution < 1.29 is 54.4 Å². The van der Waals surface area contributed by atoms with E-state index in [1.54, 1.807) is 0 Å². The van der Waals surface area contributed by atoms with Crippen molar-refractivity contribution >= 4 is 11.0 Å². The molecular formula is C42H50O12. The Bertz CT molecular complexity index is 1890. The minimum atomic E-state index is -1.83. The number of allylic oxidation sites excluding steroid dienone is 11. The maximum atomic E-state index is 13.7. The molecule has 1 aliphatic heterocycles. The third-order valence-electron chi connectivity index (χ3n) is 8.37. The summed E-state index contributed by atoms with van der Waals surface area (Å²) in [5.41, 5.74) is -1.12. The van der Waals surface area contributed by atoms with E-state index in [9.17, 15) is 40.5 Å². The number of aliphatic hydroxyl groups excluding tert-OH is 3. The van der Waals surface area contributed by atoms with Gasteiger partial charge in [0.2, 0.25) is 17.5 Å². The number of benzene rings is 2. The Morgan fingerprint density at radius 3 is 1.87 bits per heavy atom. The van der Waals surface area contributed by atoms with Crippen LogP contribution in [0.15, 0.2) is 112 Å². The molecule has 0 saturated carbocycles. The third kappa shape index (κ3) is 12.0. The van der Waals surface area contributed by atoms with Gasteiger partial charge in [-0.3, -0.25) is 4.79 Å². The number of ether oxygens (including phenoxy) is 3. The summed E-state index contributed by atoms with van der Waals surface area (Å²) in [6.45, 7) is 2.22. The van der Waals surface area contributed by atoms with Crippen LogP contribution in [0.25, 0.3) is 22.3 Å². The van der Waals surface area contributed by atoms with Gasteiger partial charge in [0, 0.05) is 17.7 Å². The van der Waals surface area contributed by atoms with Crippen LogP contribution in [0, 0.1) is 0 Å². The summed E-state index contributed by atoms with van der Waals surface area (Å²) in [5, 5.41) is 71.9. The van der Waals surface area contributed by atoms with E-state index >= 15 is 0 Å². The first-order valence-electron chi connectivity index (χ1n) is 18.0. The van der Waals surface area contributed by atoms with E-state index in [1.165, 1.54) is 6.07 Å². The van der Waals surface area contributed by atoms with E-state index in [0.29, 0.717) is 6.42 Å². The number of phenols is 4. The van der Waals surface area contributed by atoms with Crippen LogP contribution in [0.5, 0.6) is 28.7 Å². The zero-order valence-corrected chi connectivity index (χ0v) is 30.2. The van der Waals surface area contributed by atoms with Crippen LogP contribution in [0.3, 0.4) is 0 Å². The first kappa shape index (κ1) is 41.6. The van der Waals surface area contributed by atoms with Crippen molar-refractivity contribution in [3.8, 4) is 40.1 Å². The molecule has 1 saturated heterocycles. The quantitative estimate of drug-likeness (QED) is 0.0396. The number of rotatable bonds is 19. The van der Waals surface area contributed by atoms with Crippen molar-refractivity contribution in [3.63, 3.8) is 0 Å². The summed E-state index contributed by atoms with van der Waals surface area (Å²) in [7, 11) is 0. The molecule has 3 aromatic rings. The smallest absolute Gasteiger partial charge is 0.239 e. The number of phenolic OH excluding ortho intramolecular Hbond substituents is 4. The van der Waals surface area contributed by atoms with E-state index in [4.69, 9.17) is 18.6 Å². The minimum absolute atomic E-state index is 0.0438. The van der Waals surface area contributed by atoms with Crippen LogP contribution >= 0.6 is 0 Å². The maximum Gasteiger partial charge on any atom is 0.239 e. The molecule has 2 aromatic carbocycles. The van der Waals surface area contributed by atoms with Gasteiger partial charge in [-0.25, -0.2) is 0 Å². The van der Waals surface area contributed by atoms with Crippen molar-refractivity contribution in [2.75, 3.05) is 13.2 Å². The van der Waals surface area contributed by atoms with Gasteiger partial charge in [-0.15, -0.1) is 0 Å². The summed E-state index contributed by atoms with van der Waals surface area (Å²) >= 11 is 0. The second-order valence-electron chi connectivity index (χ2n) is 12.5. The standard InChI is InChI=1S/C42H50O12/c1-2-3-4-5-6-7-8-9-10-11-12-13-14-15-16-17-18-19-20-23-51-27-34-36(47)38(49)39(50)42(53-34)54-41-37(48)35-32(46)25-29(43)26-33(35)52-40(41)28-21-22-30(44)31(45)24-28/h3-4,6-7,9-10,12-13,15-16,18-19,21-22,24-26,34,36,38-39,42-47,49-50H,2,5,8,11,14,17,20,23,27H2,1H3/b4-3-,7-6-,10-9-,13-12-,16-15-,19-18-/t34-,36-,38+,39-,42+/m1/s1. The fourth-order valence-corrected chi connectivity index (χ4v) is 5.49. The van der Waals surface area contributed by atoms with Crippen molar-refractivity contribution in [1.82, 2.24) is 0 Å². The molecule has 0 bridgehead atoms. The first-order valence-corrected chi connectivity index (χ1v) is 18.0. The average molecular weight is 747 g/mol. The predicted molar refractivity (Wildman–Crippen MR) is 206 cm³/mol. The molecular weight excluding hydrogens is 696 g/mol. The average Bonchev–Trinajstić information content (AvgIpc) is 3.14. The Morgan fingerprint density at radius 2 is 1.28 bits per heavy atom. The lowest BCUT2D eigenvalue weighted by Crippen LogP contribution is -2.60. The molecule has 0 spiro atoms. The number of fused-ring (bicyclic) bond motifs is 1. The SMILES string of the molecule is CC/C=C\C/C=C\C/C=C\C/C=C\C/C=C\C/C=C\CCOC[C@H]1O[C@@H](Oc2c(-c3ccc(O)c(O)c3)oc3cc(O)cc(O)c3c2=O)[C@H](O)[C@@H](O)[C@@H]1O. The van der Waals surface area contributed by atoms with E-state index < -0.39 is 64.9 Å². The zero-order chi connectivity index (χ0) is 38.9. The Hall–Kier alpha value is -5.11. The number of hydrogen-bond acceptors (Lipinski definition) is 12. The van der Waals surface area contributed by atoms with Crippen molar-refractivity contribution in [3.05, 3.63) is 113 Å². The number of aliphatic hydroxyl groups is 3. The second-order valence-corrected chi connectivity index (χ2v) is 12.5. The molecule has 290 valence electrons. The Labute approximate surface area is 314 Å². The highest BCUT2D eigenvalue weighted by Gasteiger charge is 2.45. The topological polar surface area (TPSA) is 200 Å². The van der Waals surface area contributed by atoms with E-state index in [-0.39, 0.29) is 35.5 Å². The van der Waals surface area contributed by atoms with Crippen molar-refractivity contribution in [1.29, 1.82) is 0 Å². The normalized spacial score (nSPS) is 21.0. The highest BCUT2D eigenvalue weighted by Crippen LogP contribution is 2.39. The molecule has 1 aromatic heterocycles. The van der Waals surface area contributed by atoms with Gasteiger partial charge in [0.15, 0.2) is 17.3 Å². The molecule has 4 rings (SSSR count). The van der Waals surface area contributed by atoms with Gasteiger partial charge >= 0.3 is 0 Å². The summed E-state index contributed by atoms with van der Waals surface area (Å²) in [4.78, 5) is 13.7. The molecule has 0 amide bonds. The molecule has 54 heavy (non-hydrogen) atoms. The van der Waals surface area contributed by atoms with Gasteiger partial charge < -0.3 is 54.4 Å². The Morgan fingerprint density at radius 1 is 0.685 bits per heavy atom. The lowest BCUT2D eigenvalue weighted by Gasteiger charge is -2.40. The van der Waals surface area contributed by atoms with Gasteiger partial charge in [-0.1, -0.05) is 79.8 Å². The zero-order valence-electron chi connectivity index (χ0n) is 30.2. The summed E-state index contributed by atoms with van der Waals surface area (Å²) in [6, 6.07) is 5.54. The molecule has 0 unspecified atom stereocenters. The summed E-state index contributed by atoms with van der Waals surface area (Å²) < 4.78 is 23.0. The van der Waals surface area contributed by atoms with Crippen LogP contribution < -0.4 is 10.2 Å².